The number of nitrogens with one attached hydrogen (secondary N) is 1. The number of benzene rings is 1. The van der Waals surface area contributed by atoms with E-state index in [-0.39, 0.29) is 4.90 Å². The Bertz CT molecular complexity index is 534. The molecule has 0 saturated heterocycles. The Morgan fingerprint density at radius 1 is 1.39 bits per heavy atom. The van der Waals surface area contributed by atoms with Gasteiger partial charge in [-0.2, -0.15) is 0 Å². The highest BCUT2D eigenvalue weighted by molar-refractivity contribution is 7.90. The number of aryl methyl sites for hydroxylation is 1. The van der Waals surface area contributed by atoms with Crippen LogP contribution in [0.1, 0.15) is 12.5 Å². The van der Waals surface area contributed by atoms with Crippen LogP contribution in [0, 0.1) is 6.92 Å². The normalized spacial score (nSPS) is 12.6. The molecule has 0 aliphatic heterocycles. The Kier molecular flexibility index (Phi) is 4.49. The Balaban J connectivity index is 2.79. The van der Waals surface area contributed by atoms with Gasteiger partial charge in [0.05, 0.1) is 4.90 Å². The number of carbonyl (C=O) groups is 1. The van der Waals surface area contributed by atoms with Gasteiger partial charge in [0.15, 0.2) is 0 Å². The lowest BCUT2D eigenvalue weighted by Gasteiger charge is -2.10. The number of sulfonamides is 1. The molecule has 98 valence electrons. The summed E-state index contributed by atoms with van der Waals surface area (Å²) in [7, 11) is -3.89. The van der Waals surface area contributed by atoms with Crippen molar-refractivity contribution < 1.29 is 17.9 Å². The predicted octanol–water partition coefficient (Wildman–Crippen LogP) is 1.98. The van der Waals surface area contributed by atoms with Gasteiger partial charge in [0, 0.05) is 0 Å². The van der Waals surface area contributed by atoms with Crippen molar-refractivity contribution in [2.75, 3.05) is 0 Å². The summed E-state index contributed by atoms with van der Waals surface area (Å²) in [6, 6.07) is 6.13. The smallest absolute Gasteiger partial charge is 0.421 e. The Morgan fingerprint density at radius 2 is 1.94 bits per heavy atom. The van der Waals surface area contributed by atoms with Gasteiger partial charge in [0.2, 0.25) is 0 Å². The summed E-state index contributed by atoms with van der Waals surface area (Å²) in [5, 5.41) is 0. The first-order chi connectivity index (χ1) is 8.35. The zero-order valence-corrected chi connectivity index (χ0v) is 11.0. The van der Waals surface area contributed by atoms with Crippen molar-refractivity contribution in [3.8, 4) is 0 Å². The fourth-order valence-electron chi connectivity index (χ4n) is 1.13. The fourth-order valence-corrected chi connectivity index (χ4v) is 2.01. The number of hydrogen-bond acceptors (Lipinski definition) is 4. The monoisotopic (exact) mass is 269 g/mol. The van der Waals surface area contributed by atoms with E-state index in [0.717, 1.165) is 5.56 Å². The minimum Gasteiger partial charge on any atom is -0.442 e. The first-order valence-corrected chi connectivity index (χ1v) is 6.76. The second kappa shape index (κ2) is 5.68. The SMILES string of the molecule is C=CC(C)OC(=O)NS(=O)(=O)c1ccc(C)cc1. The minimum atomic E-state index is -3.89. The summed E-state index contributed by atoms with van der Waals surface area (Å²) < 4.78 is 30.1. The highest BCUT2D eigenvalue weighted by atomic mass is 32.2. The van der Waals surface area contributed by atoms with Crippen molar-refractivity contribution in [3.05, 3.63) is 42.5 Å². The summed E-state index contributed by atoms with van der Waals surface area (Å²) in [6.07, 6.45) is -0.195. The maximum Gasteiger partial charge on any atom is 0.421 e. The lowest BCUT2D eigenvalue weighted by Crippen LogP contribution is -2.32. The highest BCUT2D eigenvalue weighted by Crippen LogP contribution is 2.10. The van der Waals surface area contributed by atoms with Gasteiger partial charge in [-0.3, -0.25) is 0 Å². The van der Waals surface area contributed by atoms with E-state index in [1.54, 1.807) is 19.1 Å². The molecule has 0 bridgehead atoms. The number of amides is 1. The van der Waals surface area contributed by atoms with Gasteiger partial charge in [-0.25, -0.2) is 17.9 Å². The lowest BCUT2D eigenvalue weighted by atomic mass is 10.2. The van der Waals surface area contributed by atoms with Crippen LogP contribution < -0.4 is 4.72 Å². The van der Waals surface area contributed by atoms with Crippen molar-refractivity contribution in [1.82, 2.24) is 4.72 Å². The minimum absolute atomic E-state index is 0.0105. The van der Waals surface area contributed by atoms with Gasteiger partial charge < -0.3 is 4.74 Å². The average molecular weight is 269 g/mol. The largest absolute Gasteiger partial charge is 0.442 e. The van der Waals surface area contributed by atoms with Crippen LogP contribution in [-0.2, 0) is 14.8 Å². The van der Waals surface area contributed by atoms with Gasteiger partial charge in [0.25, 0.3) is 10.0 Å². The average Bonchev–Trinajstić information content (AvgIpc) is 2.28. The zero-order valence-electron chi connectivity index (χ0n) is 10.2. The van der Waals surface area contributed by atoms with Crippen LogP contribution in [0.5, 0.6) is 0 Å². The van der Waals surface area contributed by atoms with E-state index in [1.165, 1.54) is 18.2 Å². The Morgan fingerprint density at radius 3 is 2.44 bits per heavy atom. The topological polar surface area (TPSA) is 72.5 Å². The third-order valence-corrected chi connectivity index (χ3v) is 3.50. The molecule has 0 radical (unpaired) electrons. The lowest BCUT2D eigenvalue weighted by molar-refractivity contribution is 0.133. The molecule has 0 aliphatic rings. The molecule has 0 spiro atoms. The Labute approximate surface area is 107 Å². The van der Waals surface area contributed by atoms with Crippen LogP contribution in [-0.4, -0.2) is 20.6 Å². The van der Waals surface area contributed by atoms with E-state index < -0.39 is 22.2 Å². The van der Waals surface area contributed by atoms with Gasteiger partial charge in [-0.15, -0.1) is 0 Å². The van der Waals surface area contributed by atoms with Crippen molar-refractivity contribution in [2.24, 2.45) is 0 Å². The van der Waals surface area contributed by atoms with Crippen LogP contribution in [0.25, 0.3) is 0 Å². The summed E-state index contributed by atoms with van der Waals surface area (Å²) in [6.45, 7) is 6.84. The van der Waals surface area contributed by atoms with Gasteiger partial charge in [0.1, 0.15) is 6.10 Å². The van der Waals surface area contributed by atoms with Crippen LogP contribution in [0.2, 0.25) is 0 Å². The van der Waals surface area contributed by atoms with Crippen LogP contribution in [0.15, 0.2) is 41.8 Å². The summed E-state index contributed by atoms with van der Waals surface area (Å²) in [5.74, 6) is 0. The van der Waals surface area contributed by atoms with Crippen LogP contribution in [0.4, 0.5) is 4.79 Å². The van der Waals surface area contributed by atoms with Crippen molar-refractivity contribution in [2.45, 2.75) is 24.8 Å². The van der Waals surface area contributed by atoms with Gasteiger partial charge in [-0.1, -0.05) is 30.4 Å². The van der Waals surface area contributed by atoms with E-state index in [0.29, 0.717) is 0 Å². The van der Waals surface area contributed by atoms with Gasteiger partial charge in [-0.05, 0) is 26.0 Å². The Hall–Kier alpha value is -1.82. The molecule has 1 rings (SSSR count). The molecular formula is C12H15NO4S. The molecule has 1 N–H and O–H groups in total. The first kappa shape index (κ1) is 14.2. The van der Waals surface area contributed by atoms with E-state index in [1.807, 2.05) is 11.6 Å². The molecule has 6 heteroatoms. The van der Waals surface area contributed by atoms with Crippen LogP contribution in [0.3, 0.4) is 0 Å². The first-order valence-electron chi connectivity index (χ1n) is 5.28. The standard InChI is InChI=1S/C12H15NO4S/c1-4-10(3)17-12(14)13-18(15,16)11-7-5-9(2)6-8-11/h4-8,10H,1H2,2-3H3,(H,13,14). The van der Waals surface area contributed by atoms with Crippen molar-refractivity contribution in [1.29, 1.82) is 0 Å². The molecule has 1 aromatic rings. The van der Waals surface area contributed by atoms with Gasteiger partial charge >= 0.3 is 6.09 Å². The van der Waals surface area contributed by atoms with E-state index in [2.05, 4.69) is 6.58 Å². The third-order valence-electron chi connectivity index (χ3n) is 2.17. The third kappa shape index (κ3) is 3.89. The maximum atomic E-state index is 11.8. The second-order valence-corrected chi connectivity index (χ2v) is 5.45. The molecule has 1 atom stereocenters. The number of ether oxygens (including phenoxy) is 1. The van der Waals surface area contributed by atoms with E-state index in [4.69, 9.17) is 4.74 Å². The quantitative estimate of drug-likeness (QED) is 0.848. The molecule has 1 unspecified atom stereocenters. The van der Waals surface area contributed by atoms with E-state index in [9.17, 15) is 13.2 Å². The second-order valence-electron chi connectivity index (χ2n) is 3.76. The van der Waals surface area contributed by atoms with Crippen molar-refractivity contribution >= 4 is 16.1 Å². The number of rotatable bonds is 4. The molecular weight excluding hydrogens is 254 g/mol. The van der Waals surface area contributed by atoms with E-state index >= 15 is 0 Å². The molecule has 0 saturated carbocycles. The molecule has 0 heterocycles. The van der Waals surface area contributed by atoms with Crippen molar-refractivity contribution in [3.63, 3.8) is 0 Å². The number of hydrogen-bond donors (Lipinski definition) is 1. The highest BCUT2D eigenvalue weighted by Gasteiger charge is 2.19. The molecule has 1 amide bonds. The summed E-state index contributed by atoms with van der Waals surface area (Å²) in [5.41, 5.74) is 0.928. The zero-order chi connectivity index (χ0) is 13.8. The number of carbonyl (C=O) groups excluding carboxylic acids is 1. The van der Waals surface area contributed by atoms with Crippen LogP contribution >= 0.6 is 0 Å². The summed E-state index contributed by atoms with van der Waals surface area (Å²) in [4.78, 5) is 11.3. The molecule has 18 heavy (non-hydrogen) atoms. The maximum absolute atomic E-state index is 11.8. The fraction of sp³-hybridized carbons (Fsp3) is 0.250. The molecule has 5 nitrogen and oxygen atoms in total. The molecule has 0 fully saturated rings. The predicted molar refractivity (Wildman–Crippen MR) is 67.6 cm³/mol. The molecule has 0 aliphatic carbocycles. The molecule has 0 aromatic heterocycles. The summed E-state index contributed by atoms with van der Waals surface area (Å²) >= 11 is 0. The molecule has 1 aromatic carbocycles.